The summed E-state index contributed by atoms with van der Waals surface area (Å²) in [6.45, 7) is 6.80. The second-order valence-electron chi connectivity index (χ2n) is 6.15. The van der Waals surface area contributed by atoms with Gasteiger partial charge >= 0.3 is 0 Å². The summed E-state index contributed by atoms with van der Waals surface area (Å²) in [4.78, 5) is 14.7. The molecular formula is C18H26FN3OS. The normalized spacial score (nSPS) is 20.0. The van der Waals surface area contributed by atoms with Crippen LogP contribution in [0.4, 0.5) is 4.39 Å². The van der Waals surface area contributed by atoms with Gasteiger partial charge in [-0.05, 0) is 43.3 Å². The van der Waals surface area contributed by atoms with Gasteiger partial charge in [-0.2, -0.15) is 0 Å². The summed E-state index contributed by atoms with van der Waals surface area (Å²) in [5.74, 6) is -0.368. The first-order chi connectivity index (χ1) is 11.6. The van der Waals surface area contributed by atoms with E-state index in [2.05, 4.69) is 17.6 Å². The van der Waals surface area contributed by atoms with Gasteiger partial charge in [0.2, 0.25) is 5.91 Å². The van der Waals surface area contributed by atoms with Crippen LogP contribution in [0.5, 0.6) is 0 Å². The molecule has 1 saturated heterocycles. The van der Waals surface area contributed by atoms with E-state index in [1.54, 1.807) is 12.1 Å². The molecule has 2 N–H and O–H groups in total. The maximum Gasteiger partial charge on any atom is 0.225 e. The van der Waals surface area contributed by atoms with Gasteiger partial charge in [-0.1, -0.05) is 25.5 Å². The van der Waals surface area contributed by atoms with Gasteiger partial charge in [0, 0.05) is 32.1 Å². The van der Waals surface area contributed by atoms with E-state index in [-0.39, 0.29) is 23.6 Å². The van der Waals surface area contributed by atoms with E-state index in [0.717, 1.165) is 24.9 Å². The summed E-state index contributed by atoms with van der Waals surface area (Å²) in [6.07, 6.45) is 2.02. The van der Waals surface area contributed by atoms with Crippen LogP contribution in [0, 0.1) is 11.7 Å². The van der Waals surface area contributed by atoms with Crippen molar-refractivity contribution in [2.75, 3.05) is 26.2 Å². The summed E-state index contributed by atoms with van der Waals surface area (Å²) >= 11 is 5.41. The zero-order valence-electron chi connectivity index (χ0n) is 14.3. The Morgan fingerprint density at radius 3 is 2.58 bits per heavy atom. The number of nitrogens with zero attached hydrogens (tertiary/aromatic N) is 1. The summed E-state index contributed by atoms with van der Waals surface area (Å²) in [5, 5.41) is 6.85. The molecule has 0 aromatic heterocycles. The summed E-state index contributed by atoms with van der Waals surface area (Å²) in [7, 11) is 0. The van der Waals surface area contributed by atoms with Crippen LogP contribution in [0.1, 0.15) is 38.2 Å². The van der Waals surface area contributed by atoms with Crippen LogP contribution < -0.4 is 10.6 Å². The Kier molecular flexibility index (Phi) is 6.97. The first-order valence-electron chi connectivity index (χ1n) is 8.62. The van der Waals surface area contributed by atoms with Crippen molar-refractivity contribution in [2.24, 2.45) is 5.92 Å². The predicted molar refractivity (Wildman–Crippen MR) is 98.4 cm³/mol. The van der Waals surface area contributed by atoms with E-state index in [0.29, 0.717) is 24.7 Å². The summed E-state index contributed by atoms with van der Waals surface area (Å²) < 4.78 is 13.2. The molecule has 1 fully saturated rings. The third kappa shape index (κ3) is 4.66. The number of carbonyl (C=O) groups excluding carboxylic acids is 1. The molecule has 0 spiro atoms. The van der Waals surface area contributed by atoms with Gasteiger partial charge in [-0.25, -0.2) is 4.39 Å². The Morgan fingerprint density at radius 2 is 1.96 bits per heavy atom. The molecule has 2 unspecified atom stereocenters. The number of benzene rings is 1. The second-order valence-corrected chi connectivity index (χ2v) is 6.54. The lowest BCUT2D eigenvalue weighted by atomic mass is 9.88. The van der Waals surface area contributed by atoms with Gasteiger partial charge in [0.05, 0.1) is 5.92 Å². The SMILES string of the molecule is CCCCNC(=O)C1CN(C(=S)NCC)CC1c1ccc(F)cc1. The molecule has 0 aliphatic carbocycles. The number of amides is 1. The van der Waals surface area contributed by atoms with E-state index < -0.39 is 0 Å². The van der Waals surface area contributed by atoms with Crippen molar-refractivity contribution in [3.05, 3.63) is 35.6 Å². The standard InChI is InChI=1S/C18H26FN3OS/c1-3-5-10-21-17(23)16-12-22(18(24)20-4-2)11-15(16)13-6-8-14(19)9-7-13/h6-9,15-16H,3-5,10-12H2,1-2H3,(H,20,24)(H,21,23). The molecule has 1 aromatic carbocycles. The molecule has 1 heterocycles. The lowest BCUT2D eigenvalue weighted by Crippen LogP contribution is -2.39. The van der Waals surface area contributed by atoms with Gasteiger partial charge in [0.15, 0.2) is 5.11 Å². The highest BCUT2D eigenvalue weighted by Crippen LogP contribution is 2.33. The summed E-state index contributed by atoms with van der Waals surface area (Å²) in [6, 6.07) is 6.44. The van der Waals surface area contributed by atoms with Crippen LogP contribution in [-0.4, -0.2) is 42.1 Å². The average Bonchev–Trinajstić information content (AvgIpc) is 3.01. The molecular weight excluding hydrogens is 325 g/mol. The number of hydrogen-bond acceptors (Lipinski definition) is 2. The first-order valence-corrected chi connectivity index (χ1v) is 9.03. The van der Waals surface area contributed by atoms with Crippen molar-refractivity contribution in [1.29, 1.82) is 0 Å². The van der Waals surface area contributed by atoms with E-state index in [9.17, 15) is 9.18 Å². The lowest BCUT2D eigenvalue weighted by Gasteiger charge is -2.19. The fourth-order valence-corrected chi connectivity index (χ4v) is 3.36. The van der Waals surface area contributed by atoms with E-state index >= 15 is 0 Å². The maximum absolute atomic E-state index is 13.2. The molecule has 0 bridgehead atoms. The molecule has 1 aliphatic heterocycles. The number of likely N-dealkylation sites (tertiary alicyclic amines) is 1. The van der Waals surface area contributed by atoms with Crippen LogP contribution in [0.15, 0.2) is 24.3 Å². The van der Waals surface area contributed by atoms with Gasteiger partial charge in [-0.15, -0.1) is 0 Å². The number of halogens is 1. The van der Waals surface area contributed by atoms with E-state index in [1.165, 1.54) is 12.1 Å². The predicted octanol–water partition coefficient (Wildman–Crippen LogP) is 2.65. The van der Waals surface area contributed by atoms with Crippen molar-refractivity contribution < 1.29 is 9.18 Å². The number of rotatable bonds is 6. The minimum absolute atomic E-state index is 0.0174. The minimum atomic E-state index is -0.263. The monoisotopic (exact) mass is 351 g/mol. The zero-order valence-corrected chi connectivity index (χ0v) is 15.2. The second kappa shape index (κ2) is 8.97. The third-order valence-electron chi connectivity index (χ3n) is 4.40. The molecule has 2 atom stereocenters. The highest BCUT2D eigenvalue weighted by molar-refractivity contribution is 7.80. The topological polar surface area (TPSA) is 44.4 Å². The fraction of sp³-hybridized carbons (Fsp3) is 0.556. The van der Waals surface area contributed by atoms with E-state index in [1.807, 2.05) is 11.8 Å². The largest absolute Gasteiger partial charge is 0.363 e. The Hall–Kier alpha value is -1.69. The number of unbranched alkanes of at least 4 members (excludes halogenated alkanes) is 1. The van der Waals surface area contributed by atoms with Crippen LogP contribution in [0.2, 0.25) is 0 Å². The number of hydrogen-bond donors (Lipinski definition) is 2. The van der Waals surface area contributed by atoms with E-state index in [4.69, 9.17) is 12.2 Å². The highest BCUT2D eigenvalue weighted by Gasteiger charge is 2.39. The fourth-order valence-electron chi connectivity index (χ4n) is 3.07. The number of nitrogens with one attached hydrogen (secondary N) is 2. The smallest absolute Gasteiger partial charge is 0.225 e. The average molecular weight is 351 g/mol. The van der Waals surface area contributed by atoms with Crippen LogP contribution in [0.3, 0.4) is 0 Å². The highest BCUT2D eigenvalue weighted by atomic mass is 32.1. The Morgan fingerprint density at radius 1 is 1.25 bits per heavy atom. The van der Waals surface area contributed by atoms with Crippen molar-refractivity contribution >= 4 is 23.2 Å². The van der Waals surface area contributed by atoms with Crippen molar-refractivity contribution in [1.82, 2.24) is 15.5 Å². The van der Waals surface area contributed by atoms with Crippen molar-refractivity contribution in [2.45, 2.75) is 32.6 Å². The molecule has 24 heavy (non-hydrogen) atoms. The van der Waals surface area contributed by atoms with Gasteiger partial charge in [-0.3, -0.25) is 4.79 Å². The lowest BCUT2D eigenvalue weighted by molar-refractivity contribution is -0.124. The molecule has 6 heteroatoms. The molecule has 0 saturated carbocycles. The molecule has 2 rings (SSSR count). The Bertz CT molecular complexity index is 564. The molecule has 132 valence electrons. The quantitative estimate of drug-likeness (QED) is 0.611. The van der Waals surface area contributed by atoms with Crippen LogP contribution in [0.25, 0.3) is 0 Å². The third-order valence-corrected chi connectivity index (χ3v) is 4.80. The van der Waals surface area contributed by atoms with Crippen LogP contribution >= 0.6 is 12.2 Å². The number of carbonyl (C=O) groups is 1. The Labute approximate surface area is 148 Å². The van der Waals surface area contributed by atoms with Gasteiger partial charge in [0.25, 0.3) is 0 Å². The minimum Gasteiger partial charge on any atom is -0.363 e. The zero-order chi connectivity index (χ0) is 17.5. The van der Waals surface area contributed by atoms with Gasteiger partial charge < -0.3 is 15.5 Å². The van der Waals surface area contributed by atoms with Crippen molar-refractivity contribution in [3.8, 4) is 0 Å². The summed E-state index contributed by atoms with van der Waals surface area (Å²) in [5.41, 5.74) is 0.980. The number of thiocarbonyl (C=S) groups is 1. The maximum atomic E-state index is 13.2. The molecule has 1 amide bonds. The van der Waals surface area contributed by atoms with Gasteiger partial charge in [0.1, 0.15) is 5.82 Å². The molecule has 0 radical (unpaired) electrons. The molecule has 4 nitrogen and oxygen atoms in total. The van der Waals surface area contributed by atoms with Crippen molar-refractivity contribution in [3.63, 3.8) is 0 Å². The Balaban J connectivity index is 2.14. The molecule has 1 aromatic rings. The molecule has 1 aliphatic rings. The first kappa shape index (κ1) is 18.6. The van der Waals surface area contributed by atoms with Crippen LogP contribution in [-0.2, 0) is 4.79 Å².